The molecule has 0 radical (unpaired) electrons. The van der Waals surface area contributed by atoms with Crippen molar-refractivity contribution >= 4 is 23.7 Å². The minimum atomic E-state index is -2.01. The van der Waals surface area contributed by atoms with Gasteiger partial charge in [0.15, 0.2) is 24.8 Å². The lowest BCUT2D eigenvalue weighted by Gasteiger charge is -2.49. The molecule has 422 valence electrons. The third-order valence-electron chi connectivity index (χ3n) is 15.2. The van der Waals surface area contributed by atoms with E-state index in [2.05, 4.69) is 10.5 Å². The molecule has 5 rings (SSSR count). The van der Waals surface area contributed by atoms with Gasteiger partial charge < -0.3 is 73.0 Å². The van der Waals surface area contributed by atoms with Crippen molar-refractivity contribution in [2.24, 2.45) is 28.8 Å². The van der Waals surface area contributed by atoms with E-state index in [0.29, 0.717) is 30.9 Å². The van der Waals surface area contributed by atoms with E-state index in [-0.39, 0.29) is 32.4 Å². The molecule has 0 bridgehead atoms. The van der Waals surface area contributed by atoms with Crippen LogP contribution in [0.1, 0.15) is 114 Å². The Labute approximate surface area is 444 Å². The maximum absolute atomic E-state index is 14.8. The van der Waals surface area contributed by atoms with Crippen molar-refractivity contribution in [2.75, 3.05) is 34.4 Å². The zero-order valence-electron chi connectivity index (χ0n) is 46.6. The second-order valence-corrected chi connectivity index (χ2v) is 21.7. The Bertz CT molecular complexity index is 2130. The van der Waals surface area contributed by atoms with E-state index < -0.39 is 126 Å². The van der Waals surface area contributed by atoms with E-state index in [4.69, 9.17) is 47.5 Å². The quantitative estimate of drug-likeness (QED) is 0.0568. The molecule has 4 N–H and O–H groups in total. The van der Waals surface area contributed by atoms with Crippen molar-refractivity contribution < 1.29 is 77.2 Å². The van der Waals surface area contributed by atoms with Gasteiger partial charge in [-0.2, -0.15) is 0 Å². The van der Waals surface area contributed by atoms with Crippen LogP contribution in [-0.4, -0.2) is 163 Å². The zero-order chi connectivity index (χ0) is 55.4. The number of methoxy groups -OCH3 is 1. The van der Waals surface area contributed by atoms with Crippen molar-refractivity contribution in [3.8, 4) is 5.75 Å². The maximum Gasteiger partial charge on any atom is 0.407 e. The Morgan fingerprint density at radius 2 is 1.51 bits per heavy atom. The number of aliphatic hydroxyl groups is 3. The number of alkyl carbamates (subject to hydrolysis) is 1. The predicted octanol–water partition coefficient (Wildman–Crippen LogP) is 6.56. The third kappa shape index (κ3) is 16.1. The van der Waals surface area contributed by atoms with Gasteiger partial charge in [0.1, 0.15) is 29.7 Å². The van der Waals surface area contributed by atoms with E-state index in [1.165, 1.54) is 21.0 Å². The van der Waals surface area contributed by atoms with E-state index in [9.17, 15) is 29.7 Å². The van der Waals surface area contributed by atoms with Crippen LogP contribution in [0.2, 0.25) is 0 Å². The van der Waals surface area contributed by atoms with E-state index in [0.717, 1.165) is 5.56 Å². The SMILES string of the molecule is CC[C@H]1OC(=O)[C@H](C)[C@@H](O[C@H]2C[C@@](C)(OC)[C@@H](OC(C)=O)[C@H](C)O2)[C@H](C)[C@@H](O[C@@H]2O[C@H](C)C[C@H](N(C)C)[C@H]2OC(=O)NCc2ccccc2)[C@](C)(O)C[C@@H](C)/C(=N\OCCCOc2ccccc2)[C@H](C)[C@@H](O)[C@]1(C)O. The summed E-state index contributed by atoms with van der Waals surface area (Å²) in [5, 5.41) is 45.1. The number of oxime groups is 1. The minimum absolute atomic E-state index is 0.0477. The first-order chi connectivity index (χ1) is 35.3. The number of nitrogens with zero attached hydrogens (tertiary/aromatic N) is 2. The second kappa shape index (κ2) is 27.2. The minimum Gasteiger partial charge on any atom is -0.493 e. The van der Waals surface area contributed by atoms with Crippen LogP contribution in [0.15, 0.2) is 65.8 Å². The fourth-order valence-electron chi connectivity index (χ4n) is 11.0. The summed E-state index contributed by atoms with van der Waals surface area (Å²) in [4.78, 5) is 48.7. The van der Waals surface area contributed by atoms with Crippen LogP contribution >= 0.6 is 0 Å². The fraction of sp³-hybridized carbons (Fsp3) is 0.714. The average Bonchev–Trinajstić information content (AvgIpc) is 3.36. The van der Waals surface area contributed by atoms with Gasteiger partial charge in [0.25, 0.3) is 0 Å². The number of para-hydroxylation sites is 1. The molecule has 2 aromatic rings. The monoisotopic (exact) mass is 1060 g/mol. The highest BCUT2D eigenvalue weighted by atomic mass is 16.7. The van der Waals surface area contributed by atoms with Crippen molar-refractivity contribution in [1.29, 1.82) is 0 Å². The van der Waals surface area contributed by atoms with Gasteiger partial charge in [-0.05, 0) is 92.6 Å². The van der Waals surface area contributed by atoms with Gasteiger partial charge in [-0.15, -0.1) is 0 Å². The number of amides is 1. The Hall–Kier alpha value is -4.44. The highest BCUT2D eigenvalue weighted by Crippen LogP contribution is 2.42. The molecule has 3 saturated heterocycles. The standard InChI is InChI=1S/C56H87N3O16/c1-15-43-56(11,65)48(61)35(4)45(58-68-28-22-27-67-41-25-20-17-21-26-41)33(2)30-54(9,64)49(75-52-47(42(59(12)13)29-34(3)69-52)74-53(63)57-32-40-23-18-16-19-24-40)36(5)46(37(6)51(62)72-43)73-44-31-55(10,66-14)50(38(7)70-44)71-39(8)60/h16-21,23-26,33-38,42-44,46-50,52,61,64-65H,15,22,27-32H2,1-14H3,(H,57,63)/b58-45+/t33-,34-,35+,36+,37-,38+,42+,43-,44+,46+,47-,48-,49-,50+,52+,54-,55-,56-/m1/s1. The fourth-order valence-corrected chi connectivity index (χ4v) is 11.0. The summed E-state index contributed by atoms with van der Waals surface area (Å²) >= 11 is 0. The summed E-state index contributed by atoms with van der Waals surface area (Å²) < 4.78 is 57.1. The molecule has 19 heteroatoms. The smallest absolute Gasteiger partial charge is 0.407 e. The van der Waals surface area contributed by atoms with Crippen molar-refractivity contribution in [3.63, 3.8) is 0 Å². The number of nitrogens with one attached hydrogen (secondary N) is 1. The normalized spacial score (nSPS) is 37.7. The van der Waals surface area contributed by atoms with Gasteiger partial charge >= 0.3 is 18.0 Å². The molecule has 3 heterocycles. The second-order valence-electron chi connectivity index (χ2n) is 21.7. The van der Waals surface area contributed by atoms with Crippen LogP contribution in [0.5, 0.6) is 5.75 Å². The van der Waals surface area contributed by atoms with E-state index in [1.54, 1.807) is 48.5 Å². The van der Waals surface area contributed by atoms with Crippen LogP contribution in [-0.2, 0) is 58.9 Å². The Kier molecular flexibility index (Phi) is 22.3. The van der Waals surface area contributed by atoms with Crippen molar-refractivity contribution in [1.82, 2.24) is 10.2 Å². The first kappa shape index (κ1) is 61.4. The van der Waals surface area contributed by atoms with E-state index >= 15 is 0 Å². The maximum atomic E-state index is 14.8. The van der Waals surface area contributed by atoms with Gasteiger partial charge in [-0.25, -0.2) is 4.79 Å². The summed E-state index contributed by atoms with van der Waals surface area (Å²) in [7, 11) is 5.25. The first-order valence-corrected chi connectivity index (χ1v) is 26.5. The van der Waals surface area contributed by atoms with Gasteiger partial charge in [-0.1, -0.05) is 81.4 Å². The molecule has 2 aromatic carbocycles. The summed E-state index contributed by atoms with van der Waals surface area (Å²) in [6.07, 6.45) is -10.3. The molecule has 1 amide bonds. The van der Waals surface area contributed by atoms with Crippen LogP contribution in [0.4, 0.5) is 4.79 Å². The van der Waals surface area contributed by atoms with Gasteiger partial charge in [0.2, 0.25) is 0 Å². The number of carbonyl (C=O) groups excluding carboxylic acids is 3. The molecule has 3 fully saturated rings. The van der Waals surface area contributed by atoms with E-state index in [1.807, 2.05) is 93.5 Å². The molecule has 3 aliphatic rings. The number of esters is 2. The summed E-state index contributed by atoms with van der Waals surface area (Å²) in [6, 6.07) is 18.4. The molecule has 0 unspecified atom stereocenters. The molecular formula is C56H87N3O16. The number of rotatable bonds is 17. The molecule has 0 aliphatic carbocycles. The third-order valence-corrected chi connectivity index (χ3v) is 15.2. The molecule has 0 saturated carbocycles. The Balaban J connectivity index is 1.60. The average molecular weight is 1060 g/mol. The molecule has 19 nitrogen and oxygen atoms in total. The van der Waals surface area contributed by atoms with Gasteiger partial charge in [-0.3, -0.25) is 9.59 Å². The zero-order valence-corrected chi connectivity index (χ0v) is 46.6. The Morgan fingerprint density at radius 1 is 0.853 bits per heavy atom. The number of ether oxygens (including phenoxy) is 9. The number of likely N-dealkylation sites (N-methyl/N-ethyl adjacent to an activating group) is 1. The predicted molar refractivity (Wildman–Crippen MR) is 278 cm³/mol. The highest BCUT2D eigenvalue weighted by Gasteiger charge is 2.55. The lowest BCUT2D eigenvalue weighted by molar-refractivity contribution is -0.318. The highest BCUT2D eigenvalue weighted by molar-refractivity contribution is 5.88. The van der Waals surface area contributed by atoms with Gasteiger partial charge in [0.05, 0.1) is 60.4 Å². The lowest BCUT2D eigenvalue weighted by Crippen LogP contribution is -2.62. The number of hydrogen-bond donors (Lipinski definition) is 4. The van der Waals surface area contributed by atoms with Crippen LogP contribution in [0.25, 0.3) is 0 Å². The molecule has 0 aromatic heterocycles. The topological polar surface area (TPSA) is 232 Å². The summed E-state index contributed by atoms with van der Waals surface area (Å²) in [5.74, 6) is -4.24. The lowest BCUT2D eigenvalue weighted by atomic mass is 9.73. The van der Waals surface area contributed by atoms with Crippen LogP contribution in [0, 0.1) is 23.7 Å². The number of aliphatic hydroxyl groups excluding tert-OH is 1. The van der Waals surface area contributed by atoms with Gasteiger partial charge in [0, 0.05) is 51.2 Å². The number of benzene rings is 2. The molecular weight excluding hydrogens is 971 g/mol. The van der Waals surface area contributed by atoms with Crippen molar-refractivity contribution in [3.05, 3.63) is 66.2 Å². The summed E-state index contributed by atoms with van der Waals surface area (Å²) in [5.41, 5.74) is -3.80. The first-order valence-electron chi connectivity index (χ1n) is 26.5. The van der Waals surface area contributed by atoms with Crippen molar-refractivity contribution in [2.45, 2.75) is 199 Å². The Morgan fingerprint density at radius 3 is 2.12 bits per heavy atom. The molecule has 75 heavy (non-hydrogen) atoms. The number of cyclic esters (lactones) is 1. The molecule has 3 aliphatic heterocycles. The summed E-state index contributed by atoms with van der Waals surface area (Å²) in [6.45, 7) is 19.1. The number of carbonyl (C=O) groups is 3. The number of hydrogen-bond acceptors (Lipinski definition) is 18. The molecule has 0 spiro atoms. The van der Waals surface area contributed by atoms with Crippen LogP contribution in [0.3, 0.4) is 0 Å². The van der Waals surface area contributed by atoms with Crippen LogP contribution < -0.4 is 10.1 Å². The largest absolute Gasteiger partial charge is 0.493 e. The molecule has 18 atom stereocenters.